The lowest BCUT2D eigenvalue weighted by Gasteiger charge is -2.22. The zero-order valence-corrected chi connectivity index (χ0v) is 36.6. The summed E-state index contributed by atoms with van der Waals surface area (Å²) < 4.78 is 7.94. The van der Waals surface area contributed by atoms with Gasteiger partial charge in [0.25, 0.3) is 0 Å². The van der Waals surface area contributed by atoms with E-state index in [0.717, 1.165) is 8.95 Å². The average molecular weight is 997 g/mol. The summed E-state index contributed by atoms with van der Waals surface area (Å²) in [5, 5.41) is 19.4. The van der Waals surface area contributed by atoms with Crippen LogP contribution in [0.1, 0.15) is 49.9 Å². The van der Waals surface area contributed by atoms with Gasteiger partial charge in [-0.25, -0.2) is 0 Å². The summed E-state index contributed by atoms with van der Waals surface area (Å²) >= 11 is 10.4. The van der Waals surface area contributed by atoms with Crippen LogP contribution in [0.25, 0.3) is 54.2 Å². The first kappa shape index (κ1) is 38.1. The van der Waals surface area contributed by atoms with E-state index in [-0.39, 0.29) is 34.8 Å². The lowest BCUT2D eigenvalue weighted by Crippen LogP contribution is -3.00. The van der Waals surface area contributed by atoms with E-state index in [0.29, 0.717) is 13.4 Å². The normalized spacial score (nSPS) is 13.8. The van der Waals surface area contributed by atoms with Crippen LogP contribution in [0.15, 0.2) is 147 Å². The van der Waals surface area contributed by atoms with E-state index in [2.05, 4.69) is 189 Å². The van der Waals surface area contributed by atoms with Crippen molar-refractivity contribution in [2.75, 3.05) is 0 Å². The van der Waals surface area contributed by atoms with E-state index in [1.807, 2.05) is 12.1 Å². The quantitative estimate of drug-likeness (QED) is 0.109. The Bertz CT molecular complexity index is 2670. The predicted molar refractivity (Wildman–Crippen MR) is 231 cm³/mol. The Morgan fingerprint density at radius 3 is 1.43 bits per heavy atom. The fourth-order valence-electron chi connectivity index (χ4n) is 8.15. The van der Waals surface area contributed by atoms with E-state index in [1.54, 1.807) is 12.1 Å². The largest absolute Gasteiger partial charge is 1.00 e. The highest BCUT2D eigenvalue weighted by Gasteiger charge is 2.35. The summed E-state index contributed by atoms with van der Waals surface area (Å²) in [6, 6.07) is 47.4. The minimum Gasteiger partial charge on any atom is -1.00 e. The van der Waals surface area contributed by atoms with Crippen molar-refractivity contribution in [1.29, 1.82) is 0 Å². The van der Waals surface area contributed by atoms with E-state index >= 15 is 0 Å². The Labute approximate surface area is 353 Å². The molecule has 1 N–H and O–H groups in total. The van der Waals surface area contributed by atoms with Crippen molar-refractivity contribution in [3.63, 3.8) is 0 Å². The minimum absolute atomic E-state index is 0. The molecule has 0 amide bonds. The van der Waals surface area contributed by atoms with E-state index in [4.69, 9.17) is 5.02 Å². The van der Waals surface area contributed by atoms with Crippen LogP contribution < -0.4 is 28.6 Å². The number of benzene rings is 8. The van der Waals surface area contributed by atoms with Gasteiger partial charge in [0.15, 0.2) is 0 Å². The third kappa shape index (κ3) is 6.75. The fraction of sp³-hybridized carbons (Fsp3) is 0.130. The first-order valence-electron chi connectivity index (χ1n) is 17.3. The smallest absolute Gasteiger partial charge is 0.569 e. The van der Waals surface area contributed by atoms with Crippen molar-refractivity contribution >= 4 is 98.6 Å². The number of hydrogen-bond acceptors (Lipinski definition) is 2. The Morgan fingerprint density at radius 2 is 0.906 bits per heavy atom. The Morgan fingerprint density at radius 1 is 0.453 bits per heavy atom. The topological polar surface area (TPSA) is 29.5 Å². The van der Waals surface area contributed by atoms with Gasteiger partial charge < -0.3 is 33.7 Å². The molecule has 0 aromatic heterocycles. The molecule has 0 bridgehead atoms. The molecule has 0 saturated carbocycles. The van der Waals surface area contributed by atoms with Gasteiger partial charge in [-0.05, 0) is 137 Å². The van der Waals surface area contributed by atoms with E-state index in [9.17, 15) is 0 Å². The summed E-state index contributed by atoms with van der Waals surface area (Å²) in [5.41, 5.74) is 8.52. The molecule has 7 heteroatoms. The summed E-state index contributed by atoms with van der Waals surface area (Å²) in [6.45, 7) is 9.34. The van der Waals surface area contributed by atoms with Crippen molar-refractivity contribution in [2.45, 2.75) is 38.5 Å². The molecular weight excluding hydrogens is 962 g/mol. The molecule has 0 atom stereocenters. The first-order valence-corrected chi connectivity index (χ1v) is 19.7. The summed E-state index contributed by atoms with van der Waals surface area (Å²) in [7, 11) is 0.656. The minimum atomic E-state index is 0. The van der Waals surface area contributed by atoms with Gasteiger partial charge in [-0.2, -0.15) is 0 Å². The van der Waals surface area contributed by atoms with Crippen LogP contribution in [-0.2, 0) is 10.8 Å². The Hall–Kier alpha value is -3.21. The maximum atomic E-state index is 8.23. The lowest BCUT2D eigenvalue weighted by molar-refractivity contribution is -0.0000117. The van der Waals surface area contributed by atoms with Crippen molar-refractivity contribution in [3.05, 3.63) is 169 Å². The Balaban J connectivity index is 0.000000133. The highest BCUT2D eigenvalue weighted by molar-refractivity contribution is 9.11. The van der Waals surface area contributed by atoms with Crippen molar-refractivity contribution in [2.24, 2.45) is 0 Å². The van der Waals surface area contributed by atoms with E-state index < -0.39 is 0 Å². The van der Waals surface area contributed by atoms with Gasteiger partial charge in [0.1, 0.15) is 5.75 Å². The molecule has 0 unspecified atom stereocenters. The zero-order chi connectivity index (χ0) is 36.4. The molecule has 2 aliphatic carbocycles. The fourth-order valence-corrected chi connectivity index (χ4v) is 9.15. The number of halogens is 4. The van der Waals surface area contributed by atoms with Gasteiger partial charge in [0.2, 0.25) is 0 Å². The predicted octanol–water partition coefficient (Wildman–Crippen LogP) is 10.8. The lowest BCUT2D eigenvalue weighted by atomic mass is 9.81. The Kier molecular flexibility index (Phi) is 10.6. The molecule has 0 saturated heterocycles. The van der Waals surface area contributed by atoms with Gasteiger partial charge in [0.05, 0.1) is 0 Å². The van der Waals surface area contributed by atoms with Crippen LogP contribution in [0.4, 0.5) is 0 Å². The molecule has 0 aliphatic heterocycles. The molecule has 10 rings (SSSR count). The molecule has 53 heavy (non-hydrogen) atoms. The maximum Gasteiger partial charge on any atom is 0.569 e. The van der Waals surface area contributed by atoms with Gasteiger partial charge in [-0.15, -0.1) is 0 Å². The van der Waals surface area contributed by atoms with Crippen molar-refractivity contribution in [3.8, 4) is 16.9 Å². The number of hydrogen-bond donors (Lipinski definition) is 1. The average Bonchev–Trinajstić information content (AvgIpc) is 3.52. The first-order chi connectivity index (χ1) is 25.0. The monoisotopic (exact) mass is 994 g/mol. The third-order valence-electron chi connectivity index (χ3n) is 10.8. The molecule has 2 nitrogen and oxygen atoms in total. The van der Waals surface area contributed by atoms with Crippen LogP contribution in [0.2, 0.25) is 0 Å². The molecule has 1 radical (unpaired) electrons. The second-order valence-electron chi connectivity index (χ2n) is 14.5. The van der Waals surface area contributed by atoms with Crippen LogP contribution in [-0.4, -0.2) is 12.7 Å². The summed E-state index contributed by atoms with van der Waals surface area (Å²) in [6.07, 6.45) is 0. The summed E-state index contributed by atoms with van der Waals surface area (Å²) in [5.74, 6) is 0.616. The van der Waals surface area contributed by atoms with Crippen LogP contribution in [0.5, 0.6) is 5.75 Å². The molecule has 8 aromatic carbocycles. The zero-order valence-electron chi connectivity index (χ0n) is 29.6. The van der Waals surface area contributed by atoms with Crippen LogP contribution in [0, 0.1) is 0 Å². The molecule has 0 heterocycles. The maximum absolute atomic E-state index is 8.23. The molecule has 8 aromatic rings. The van der Waals surface area contributed by atoms with Crippen molar-refractivity contribution in [1.82, 2.24) is 0 Å². The molecule has 2 aliphatic rings. The third-order valence-corrected chi connectivity index (χ3v) is 12.3. The summed E-state index contributed by atoms with van der Waals surface area (Å²) in [4.78, 5) is 0. The van der Waals surface area contributed by atoms with Gasteiger partial charge >= 0.3 is 7.69 Å². The molecule has 0 fully saturated rings. The molecule has 0 spiro atoms. The van der Waals surface area contributed by atoms with Crippen LogP contribution in [0.3, 0.4) is 0 Å². The van der Waals surface area contributed by atoms with Gasteiger partial charge in [0, 0.05) is 24.2 Å². The number of rotatable bonds is 3. The van der Waals surface area contributed by atoms with Crippen LogP contribution >= 0.6 is 47.8 Å². The highest BCUT2D eigenvalue weighted by atomic mass is 127. The van der Waals surface area contributed by atoms with Gasteiger partial charge in [-0.3, -0.25) is 0 Å². The second-order valence-corrected chi connectivity index (χ2v) is 17.3. The van der Waals surface area contributed by atoms with Gasteiger partial charge in [-0.1, -0.05) is 148 Å². The second kappa shape index (κ2) is 14.8. The SMILES string of the molecule is CC1(C)c2cccc3ccc4cc(-c5ccc(Br)cc5)cc1c4c23.CC1(C)c2cccc3ccc4cc(Br)cc1c4c23.O[B]Oc1ccc(Br)cc1.[I-]. The molecule has 263 valence electrons. The van der Waals surface area contributed by atoms with Crippen molar-refractivity contribution < 1.29 is 33.7 Å². The van der Waals surface area contributed by atoms with E-state index in [1.165, 1.54) is 80.9 Å². The standard InChI is InChI=1S/C23H17Br.C17H13Br.C6H5BBrO2.HI/c1-23(2)19-5-3-4-15-6-7-16-12-17(13-20(23)22(16)21(15)19)14-8-10-18(24)11-9-14;1-17(2)13-5-3-4-10-6-7-11-8-12(18)9-14(17)16(11)15(10)13;8-5-1-3-6(4-2-5)10-7-9;/h3-13H,1-2H3;3-9H,1-2H3;1-4,9H;1H/p-1. The highest BCUT2D eigenvalue weighted by Crippen LogP contribution is 2.51. The molecular formula is C46H35BBr3IO2-.